The molecule has 3 nitrogen and oxygen atoms in total. The molecular weight excluding hydrogens is 727 g/mol. The molecule has 13 aromatic rings. The molecule has 3 heteroatoms. The van der Waals surface area contributed by atoms with Crippen LogP contribution in [0.5, 0.6) is 0 Å². The molecule has 1 aromatic heterocycles. The van der Waals surface area contributed by atoms with E-state index in [4.69, 9.17) is 15.0 Å². The number of benzene rings is 12. The van der Waals surface area contributed by atoms with E-state index < -0.39 is 0 Å². The van der Waals surface area contributed by atoms with Crippen molar-refractivity contribution in [1.82, 2.24) is 15.0 Å². The van der Waals surface area contributed by atoms with Crippen LogP contribution in [-0.4, -0.2) is 15.0 Å². The molecule has 0 bridgehead atoms. The van der Waals surface area contributed by atoms with Crippen LogP contribution in [0, 0.1) is 0 Å². The van der Waals surface area contributed by atoms with Crippen LogP contribution in [-0.2, 0) is 0 Å². The summed E-state index contributed by atoms with van der Waals surface area (Å²) in [6.45, 7) is 0. The summed E-state index contributed by atoms with van der Waals surface area (Å²) in [4.78, 5) is 15.8. The fraction of sp³-hybridized carbons (Fsp3) is 0. The average molecular weight is 760 g/mol. The maximum Gasteiger partial charge on any atom is 0.164 e. The Morgan fingerprint density at radius 3 is 0.883 bits per heavy atom. The van der Waals surface area contributed by atoms with Gasteiger partial charge in [0.15, 0.2) is 17.5 Å². The maximum absolute atomic E-state index is 5.28. The van der Waals surface area contributed by atoms with Gasteiger partial charge in [-0.05, 0) is 152 Å². The van der Waals surface area contributed by atoms with Gasteiger partial charge in [0.1, 0.15) is 0 Å². The first-order valence-corrected chi connectivity index (χ1v) is 20.5. The van der Waals surface area contributed by atoms with E-state index in [0.29, 0.717) is 17.5 Å². The van der Waals surface area contributed by atoms with E-state index in [-0.39, 0.29) is 0 Å². The SMILES string of the molecule is c1ccc2cc3c(ccc4cc(-c5nc(-c6ccc7ccc8cc9ccccc9cc8c7c6)nc(-c6ccc7ccc8cc9ccccc9cc8c7c6)n5)ccc43)cc2c1. The number of fused-ring (bicyclic) bond motifs is 12. The van der Waals surface area contributed by atoms with Crippen molar-refractivity contribution in [3.63, 3.8) is 0 Å². The van der Waals surface area contributed by atoms with Gasteiger partial charge in [-0.2, -0.15) is 0 Å². The van der Waals surface area contributed by atoms with Gasteiger partial charge in [-0.15, -0.1) is 0 Å². The first-order valence-electron chi connectivity index (χ1n) is 20.5. The number of hydrogen-bond acceptors (Lipinski definition) is 3. The molecule has 0 radical (unpaired) electrons. The standard InChI is InChI=1S/C57H33N3/c1-4-10-39-29-52-43(25-36(39)7-1)20-19-42-28-46(23-24-49(42)52)55-58-56(47-21-15-34-13-17-44-26-37-8-2-5-11-40(37)30-53(44)50(34)32-47)60-57(59-55)48-22-16-35-14-18-45-27-38-9-3-6-12-41(38)31-54(45)51(35)33-48/h1-33H. The van der Waals surface area contributed by atoms with Gasteiger partial charge in [-0.25, -0.2) is 15.0 Å². The summed E-state index contributed by atoms with van der Waals surface area (Å²) in [6.07, 6.45) is 0. The van der Waals surface area contributed by atoms with Gasteiger partial charge in [0.2, 0.25) is 0 Å². The van der Waals surface area contributed by atoms with Gasteiger partial charge in [-0.1, -0.05) is 146 Å². The Morgan fingerprint density at radius 2 is 0.467 bits per heavy atom. The van der Waals surface area contributed by atoms with Crippen LogP contribution < -0.4 is 0 Å². The molecule has 13 rings (SSSR count). The third kappa shape index (κ3) is 5.26. The quantitative estimate of drug-likeness (QED) is 0.133. The first-order chi connectivity index (χ1) is 29.6. The zero-order valence-corrected chi connectivity index (χ0v) is 32.4. The Bertz CT molecular complexity index is 3780. The molecule has 60 heavy (non-hydrogen) atoms. The van der Waals surface area contributed by atoms with Crippen molar-refractivity contribution >= 4 is 97.0 Å². The predicted octanol–water partition coefficient (Wildman–Crippen LogP) is 15.3. The highest BCUT2D eigenvalue weighted by atomic mass is 15.0. The second-order valence-electron chi connectivity index (χ2n) is 16.1. The second kappa shape index (κ2) is 12.7. The number of aromatic nitrogens is 3. The zero-order valence-electron chi connectivity index (χ0n) is 32.4. The Kier molecular flexibility index (Phi) is 7.01. The highest BCUT2D eigenvalue weighted by Crippen LogP contribution is 2.37. The summed E-state index contributed by atoms with van der Waals surface area (Å²) >= 11 is 0. The summed E-state index contributed by atoms with van der Waals surface area (Å²) in [7, 11) is 0. The maximum atomic E-state index is 5.28. The lowest BCUT2D eigenvalue weighted by molar-refractivity contribution is 1.08. The lowest BCUT2D eigenvalue weighted by Gasteiger charge is -2.12. The normalized spacial score (nSPS) is 12.0. The summed E-state index contributed by atoms with van der Waals surface area (Å²) in [5.41, 5.74) is 2.84. The smallest absolute Gasteiger partial charge is 0.164 e. The third-order valence-electron chi connectivity index (χ3n) is 12.5. The van der Waals surface area contributed by atoms with Gasteiger partial charge < -0.3 is 0 Å². The van der Waals surface area contributed by atoms with Crippen molar-refractivity contribution in [2.75, 3.05) is 0 Å². The van der Waals surface area contributed by atoms with Crippen LogP contribution in [0.1, 0.15) is 0 Å². The second-order valence-corrected chi connectivity index (χ2v) is 16.1. The van der Waals surface area contributed by atoms with Crippen LogP contribution in [0.4, 0.5) is 0 Å². The highest BCUT2D eigenvalue weighted by molar-refractivity contribution is 6.15. The Labute approximate surface area is 344 Å². The first kappa shape index (κ1) is 33.0. The molecule has 0 spiro atoms. The number of hydrogen-bond donors (Lipinski definition) is 0. The molecule has 12 aromatic carbocycles. The van der Waals surface area contributed by atoms with Crippen molar-refractivity contribution < 1.29 is 0 Å². The van der Waals surface area contributed by atoms with Crippen molar-refractivity contribution in [2.45, 2.75) is 0 Å². The molecule has 0 N–H and O–H groups in total. The van der Waals surface area contributed by atoms with Crippen molar-refractivity contribution in [1.29, 1.82) is 0 Å². The van der Waals surface area contributed by atoms with Crippen molar-refractivity contribution in [2.24, 2.45) is 0 Å². The fourth-order valence-corrected chi connectivity index (χ4v) is 9.42. The Morgan fingerprint density at radius 1 is 0.183 bits per heavy atom. The third-order valence-corrected chi connectivity index (χ3v) is 12.5. The van der Waals surface area contributed by atoms with E-state index >= 15 is 0 Å². The van der Waals surface area contributed by atoms with Gasteiger partial charge in [0.25, 0.3) is 0 Å². The number of rotatable bonds is 3. The fourth-order valence-electron chi connectivity index (χ4n) is 9.42. The predicted molar refractivity (Wildman–Crippen MR) is 254 cm³/mol. The molecule has 0 amide bonds. The zero-order chi connectivity index (χ0) is 39.3. The van der Waals surface area contributed by atoms with Crippen LogP contribution >= 0.6 is 0 Å². The molecule has 0 aliphatic heterocycles. The van der Waals surface area contributed by atoms with Crippen LogP contribution in [0.25, 0.3) is 131 Å². The minimum atomic E-state index is 0.642. The van der Waals surface area contributed by atoms with E-state index in [2.05, 4.69) is 200 Å². The van der Waals surface area contributed by atoms with E-state index in [1.807, 2.05) is 0 Å². The average Bonchev–Trinajstić information content (AvgIpc) is 3.31. The molecule has 1 heterocycles. The molecule has 0 aliphatic carbocycles. The lowest BCUT2D eigenvalue weighted by Crippen LogP contribution is -2.00. The molecule has 0 aliphatic rings. The molecule has 0 unspecified atom stereocenters. The van der Waals surface area contributed by atoms with Crippen molar-refractivity contribution in [3.8, 4) is 34.2 Å². The minimum Gasteiger partial charge on any atom is -0.208 e. The minimum absolute atomic E-state index is 0.642. The van der Waals surface area contributed by atoms with Gasteiger partial charge in [0, 0.05) is 16.7 Å². The van der Waals surface area contributed by atoms with Gasteiger partial charge in [-0.3, -0.25) is 0 Å². The van der Waals surface area contributed by atoms with Crippen LogP contribution in [0.3, 0.4) is 0 Å². The van der Waals surface area contributed by atoms with Crippen LogP contribution in [0.15, 0.2) is 200 Å². The highest BCUT2D eigenvalue weighted by Gasteiger charge is 2.16. The van der Waals surface area contributed by atoms with Gasteiger partial charge in [0.05, 0.1) is 0 Å². The molecule has 0 fully saturated rings. The van der Waals surface area contributed by atoms with E-state index in [9.17, 15) is 0 Å². The Balaban J connectivity index is 1.03. The summed E-state index contributed by atoms with van der Waals surface area (Å²) < 4.78 is 0. The number of nitrogens with zero attached hydrogens (tertiary/aromatic N) is 3. The van der Waals surface area contributed by atoms with E-state index in [0.717, 1.165) is 22.1 Å². The van der Waals surface area contributed by atoms with Gasteiger partial charge >= 0.3 is 0 Å². The summed E-state index contributed by atoms with van der Waals surface area (Å²) in [5.74, 6) is 1.93. The molecule has 0 saturated heterocycles. The van der Waals surface area contributed by atoms with E-state index in [1.165, 1.54) is 91.6 Å². The summed E-state index contributed by atoms with van der Waals surface area (Å²) in [6, 6.07) is 72.6. The topological polar surface area (TPSA) is 38.7 Å². The van der Waals surface area contributed by atoms with Crippen LogP contribution in [0.2, 0.25) is 0 Å². The monoisotopic (exact) mass is 759 g/mol. The molecular formula is C57H33N3. The molecule has 0 atom stereocenters. The lowest BCUT2D eigenvalue weighted by atomic mass is 9.96. The molecule has 276 valence electrons. The van der Waals surface area contributed by atoms with E-state index in [1.54, 1.807) is 0 Å². The largest absolute Gasteiger partial charge is 0.208 e. The molecule has 0 saturated carbocycles. The summed E-state index contributed by atoms with van der Waals surface area (Å²) in [5, 5.41) is 21.8. The Hall–Kier alpha value is -8.01. The van der Waals surface area contributed by atoms with Crippen molar-refractivity contribution in [3.05, 3.63) is 200 Å².